The summed E-state index contributed by atoms with van der Waals surface area (Å²) >= 11 is 2.05. The Hall–Kier alpha value is -1.25. The molecular weight excluding hydrogens is 368 g/mol. The molecule has 1 aliphatic rings. The maximum Gasteiger partial charge on any atom is 0.215 e. The monoisotopic (exact) mass is 398 g/mol. The molecule has 8 heteroatoms. The second-order valence-electron chi connectivity index (χ2n) is 6.30. The largest absolute Gasteiger partial charge is 0.357 e. The molecule has 2 rings (SSSR count). The number of rotatable bonds is 7. The lowest BCUT2D eigenvalue weighted by Crippen LogP contribution is -2.48. The summed E-state index contributed by atoms with van der Waals surface area (Å²) in [5.41, 5.74) is 1.85. The van der Waals surface area contributed by atoms with Gasteiger partial charge in [0.25, 0.3) is 0 Å². The van der Waals surface area contributed by atoms with Crippen LogP contribution in [-0.4, -0.2) is 57.0 Å². The predicted octanol–water partition coefficient (Wildman–Crippen LogP) is 2.03. The van der Waals surface area contributed by atoms with Crippen molar-refractivity contribution in [3.05, 3.63) is 35.4 Å². The molecule has 0 amide bonds. The van der Waals surface area contributed by atoms with Crippen molar-refractivity contribution in [2.45, 2.75) is 37.8 Å². The van der Waals surface area contributed by atoms with Crippen molar-refractivity contribution in [1.82, 2.24) is 14.9 Å². The van der Waals surface area contributed by atoms with Gasteiger partial charge in [0.2, 0.25) is 10.0 Å². The summed E-state index contributed by atoms with van der Waals surface area (Å²) in [4.78, 5) is 7.14. The smallest absolute Gasteiger partial charge is 0.215 e. The molecule has 0 aromatic heterocycles. The van der Waals surface area contributed by atoms with Crippen LogP contribution in [0.15, 0.2) is 29.3 Å². The van der Waals surface area contributed by atoms with E-state index >= 15 is 0 Å². The van der Waals surface area contributed by atoms with Gasteiger partial charge in [0.15, 0.2) is 5.96 Å². The SMILES string of the molecule is CCNC(=NCc1ccc(CS(=O)(=O)NC)cc1)N1CCSC(CC)C1. The summed E-state index contributed by atoms with van der Waals surface area (Å²) in [7, 11) is -1.80. The molecular formula is C18H30N4O2S2. The Morgan fingerprint density at radius 2 is 1.96 bits per heavy atom. The second-order valence-corrected chi connectivity index (χ2v) is 9.63. The third-order valence-electron chi connectivity index (χ3n) is 4.33. The van der Waals surface area contributed by atoms with Crippen LogP contribution in [0.5, 0.6) is 0 Å². The van der Waals surface area contributed by atoms with Gasteiger partial charge in [0.05, 0.1) is 12.3 Å². The first-order valence-electron chi connectivity index (χ1n) is 9.11. The van der Waals surface area contributed by atoms with Gasteiger partial charge >= 0.3 is 0 Å². The molecule has 26 heavy (non-hydrogen) atoms. The van der Waals surface area contributed by atoms with E-state index in [-0.39, 0.29) is 5.75 Å². The number of guanidine groups is 1. The van der Waals surface area contributed by atoms with Crippen molar-refractivity contribution in [2.75, 3.05) is 32.4 Å². The normalized spacial score (nSPS) is 18.8. The Morgan fingerprint density at radius 1 is 1.27 bits per heavy atom. The first-order chi connectivity index (χ1) is 12.5. The van der Waals surface area contributed by atoms with Crippen LogP contribution >= 0.6 is 11.8 Å². The highest BCUT2D eigenvalue weighted by atomic mass is 32.2. The molecule has 1 saturated heterocycles. The molecule has 1 heterocycles. The number of hydrogen-bond donors (Lipinski definition) is 2. The molecule has 1 fully saturated rings. The Morgan fingerprint density at radius 3 is 2.58 bits per heavy atom. The number of aliphatic imine (C=N–C) groups is 1. The van der Waals surface area contributed by atoms with E-state index in [9.17, 15) is 8.42 Å². The van der Waals surface area contributed by atoms with Crippen LogP contribution in [-0.2, 0) is 22.3 Å². The topological polar surface area (TPSA) is 73.8 Å². The van der Waals surface area contributed by atoms with Crippen LogP contribution in [0.1, 0.15) is 31.4 Å². The fraction of sp³-hybridized carbons (Fsp3) is 0.611. The highest BCUT2D eigenvalue weighted by molar-refractivity contribution is 8.00. The molecule has 2 N–H and O–H groups in total. The minimum atomic E-state index is -3.24. The van der Waals surface area contributed by atoms with E-state index in [1.807, 2.05) is 36.0 Å². The van der Waals surface area contributed by atoms with Gasteiger partial charge in [-0.05, 0) is 31.5 Å². The van der Waals surface area contributed by atoms with E-state index in [4.69, 9.17) is 4.99 Å². The van der Waals surface area contributed by atoms with Gasteiger partial charge in [-0.25, -0.2) is 18.1 Å². The van der Waals surface area contributed by atoms with Crippen LogP contribution in [0.2, 0.25) is 0 Å². The van der Waals surface area contributed by atoms with Gasteiger partial charge in [0.1, 0.15) is 0 Å². The lowest BCUT2D eigenvalue weighted by molar-refractivity contribution is 0.408. The third kappa shape index (κ3) is 6.48. The first-order valence-corrected chi connectivity index (χ1v) is 11.8. The zero-order chi connectivity index (χ0) is 19.0. The van der Waals surface area contributed by atoms with Gasteiger partial charge in [-0.3, -0.25) is 0 Å². The molecule has 0 bridgehead atoms. The zero-order valence-electron chi connectivity index (χ0n) is 15.9. The Kier molecular flexibility index (Phi) is 8.24. The average molecular weight is 399 g/mol. The molecule has 146 valence electrons. The van der Waals surface area contributed by atoms with E-state index in [0.717, 1.165) is 42.5 Å². The van der Waals surface area contributed by atoms with E-state index in [0.29, 0.717) is 11.8 Å². The van der Waals surface area contributed by atoms with Gasteiger partial charge < -0.3 is 10.2 Å². The third-order valence-corrected chi connectivity index (χ3v) is 7.04. The highest BCUT2D eigenvalue weighted by Crippen LogP contribution is 2.21. The maximum absolute atomic E-state index is 11.6. The molecule has 6 nitrogen and oxygen atoms in total. The lowest BCUT2D eigenvalue weighted by atomic mass is 10.1. The summed E-state index contributed by atoms with van der Waals surface area (Å²) in [5.74, 6) is 2.10. The van der Waals surface area contributed by atoms with Crippen LogP contribution < -0.4 is 10.0 Å². The van der Waals surface area contributed by atoms with Gasteiger partial charge in [-0.2, -0.15) is 11.8 Å². The summed E-state index contributed by atoms with van der Waals surface area (Å²) in [6, 6.07) is 7.62. The number of thioether (sulfide) groups is 1. The summed E-state index contributed by atoms with van der Waals surface area (Å²) in [6.45, 7) is 7.81. The fourth-order valence-electron chi connectivity index (χ4n) is 2.78. The van der Waals surface area contributed by atoms with E-state index < -0.39 is 10.0 Å². The number of hydrogen-bond acceptors (Lipinski definition) is 4. The first kappa shape index (κ1) is 21.1. The number of nitrogens with zero attached hydrogens (tertiary/aromatic N) is 2. The zero-order valence-corrected chi connectivity index (χ0v) is 17.5. The Balaban J connectivity index is 2.02. The molecule has 1 aromatic rings. The fourth-order valence-corrected chi connectivity index (χ4v) is 4.74. The highest BCUT2D eigenvalue weighted by Gasteiger charge is 2.21. The quantitative estimate of drug-likeness (QED) is 0.543. The van der Waals surface area contributed by atoms with E-state index in [1.54, 1.807) is 0 Å². The molecule has 0 aliphatic carbocycles. The number of nitrogens with one attached hydrogen (secondary N) is 2. The van der Waals surface area contributed by atoms with Crippen molar-refractivity contribution in [1.29, 1.82) is 0 Å². The van der Waals surface area contributed by atoms with Gasteiger partial charge in [-0.15, -0.1) is 0 Å². The maximum atomic E-state index is 11.6. The minimum absolute atomic E-state index is 0.000458. The van der Waals surface area contributed by atoms with Crippen molar-refractivity contribution < 1.29 is 8.42 Å². The van der Waals surface area contributed by atoms with E-state index in [2.05, 4.69) is 28.8 Å². The standard InChI is InChI=1S/C18H30N4O2S2/c1-4-17-13-22(10-11-25-17)18(20-5-2)21-12-15-6-8-16(9-7-15)14-26(23,24)19-3/h6-9,17,19H,4-5,10-14H2,1-3H3,(H,20,21). The molecule has 1 aliphatic heterocycles. The number of sulfonamides is 1. The van der Waals surface area contributed by atoms with E-state index in [1.165, 1.54) is 13.5 Å². The molecule has 0 saturated carbocycles. The Labute approximate surface area is 161 Å². The van der Waals surface area contributed by atoms with Crippen molar-refractivity contribution in [2.24, 2.45) is 4.99 Å². The Bertz CT molecular complexity index is 690. The van der Waals surface area contributed by atoms with Crippen LogP contribution in [0, 0.1) is 0 Å². The lowest BCUT2D eigenvalue weighted by Gasteiger charge is -2.34. The van der Waals surface area contributed by atoms with Crippen molar-refractivity contribution in [3.8, 4) is 0 Å². The minimum Gasteiger partial charge on any atom is -0.357 e. The van der Waals surface area contributed by atoms with Crippen molar-refractivity contribution in [3.63, 3.8) is 0 Å². The van der Waals surface area contributed by atoms with Crippen LogP contribution in [0.25, 0.3) is 0 Å². The van der Waals surface area contributed by atoms with Gasteiger partial charge in [0, 0.05) is 30.6 Å². The summed E-state index contributed by atoms with van der Waals surface area (Å²) in [5, 5.41) is 4.06. The molecule has 0 radical (unpaired) electrons. The number of benzene rings is 1. The molecule has 0 spiro atoms. The van der Waals surface area contributed by atoms with Crippen LogP contribution in [0.3, 0.4) is 0 Å². The van der Waals surface area contributed by atoms with Gasteiger partial charge in [-0.1, -0.05) is 31.2 Å². The summed E-state index contributed by atoms with van der Waals surface area (Å²) in [6.07, 6.45) is 1.18. The second kappa shape index (κ2) is 10.2. The van der Waals surface area contributed by atoms with Crippen molar-refractivity contribution >= 4 is 27.7 Å². The molecule has 1 atom stereocenters. The predicted molar refractivity (Wildman–Crippen MR) is 111 cm³/mol. The molecule has 1 aromatic carbocycles. The molecule has 1 unspecified atom stereocenters. The van der Waals surface area contributed by atoms with Crippen LogP contribution in [0.4, 0.5) is 0 Å². The average Bonchev–Trinajstić information content (AvgIpc) is 2.66. The summed E-state index contributed by atoms with van der Waals surface area (Å²) < 4.78 is 25.6.